The van der Waals surface area contributed by atoms with E-state index in [4.69, 9.17) is 14.2 Å². The second-order valence-electron chi connectivity index (χ2n) is 6.05. The molecule has 0 spiro atoms. The Balaban J connectivity index is 1.90. The van der Waals surface area contributed by atoms with Crippen molar-refractivity contribution in [3.05, 3.63) is 108 Å². The summed E-state index contributed by atoms with van der Waals surface area (Å²) in [5.74, 6) is -1.55. The first-order chi connectivity index (χ1) is 14.6. The first-order valence-electron chi connectivity index (χ1n) is 9.05. The van der Waals surface area contributed by atoms with E-state index < -0.39 is 17.9 Å². The van der Waals surface area contributed by atoms with Crippen LogP contribution in [0.3, 0.4) is 0 Å². The third-order valence-electron chi connectivity index (χ3n) is 3.93. The zero-order chi connectivity index (χ0) is 21.3. The summed E-state index contributed by atoms with van der Waals surface area (Å²) in [7, 11) is 0. The topological polar surface area (TPSA) is 78.9 Å². The Kier molecular flexibility index (Phi) is 6.74. The molecule has 0 heterocycles. The van der Waals surface area contributed by atoms with Gasteiger partial charge in [-0.15, -0.1) is 0 Å². The fourth-order valence-electron chi connectivity index (χ4n) is 2.54. The lowest BCUT2D eigenvalue weighted by Gasteiger charge is -2.11. The summed E-state index contributed by atoms with van der Waals surface area (Å²) in [4.78, 5) is 37.6. The van der Waals surface area contributed by atoms with Crippen LogP contribution in [-0.2, 0) is 4.74 Å². The highest BCUT2D eigenvalue weighted by molar-refractivity contribution is 6.06. The summed E-state index contributed by atoms with van der Waals surface area (Å²) < 4.78 is 15.7. The van der Waals surface area contributed by atoms with E-state index in [1.807, 2.05) is 0 Å². The highest BCUT2D eigenvalue weighted by Crippen LogP contribution is 2.19. The number of carbonyl (C=O) groups is 3. The maximum Gasteiger partial charge on any atom is 0.344 e. The van der Waals surface area contributed by atoms with Gasteiger partial charge in [0.25, 0.3) is 0 Å². The fraction of sp³-hybridized carbons (Fsp3) is 0.0417. The van der Waals surface area contributed by atoms with Crippen molar-refractivity contribution in [2.75, 3.05) is 6.61 Å². The van der Waals surface area contributed by atoms with E-state index in [1.165, 1.54) is 24.3 Å². The number of benzene rings is 3. The average molecular weight is 402 g/mol. The van der Waals surface area contributed by atoms with E-state index in [1.54, 1.807) is 60.7 Å². The van der Waals surface area contributed by atoms with Crippen LogP contribution in [0.25, 0.3) is 0 Å². The molecule has 0 atom stereocenters. The standard InChI is InChI=1S/C24H18O6/c1-2-15-28-23(26)21-16-17(22(25)29-18-9-5-3-6-10-18)13-14-20(21)24(27)30-19-11-7-4-8-12-19/h2-14,16H,1,15H2. The van der Waals surface area contributed by atoms with E-state index in [-0.39, 0.29) is 23.3 Å². The predicted octanol–water partition coefficient (Wildman–Crippen LogP) is 4.47. The molecule has 0 aliphatic carbocycles. The van der Waals surface area contributed by atoms with Crippen molar-refractivity contribution in [3.8, 4) is 11.5 Å². The number of hydrogen-bond donors (Lipinski definition) is 0. The first kappa shape index (κ1) is 20.5. The Labute approximate surface area is 173 Å². The molecule has 0 aromatic heterocycles. The predicted molar refractivity (Wildman–Crippen MR) is 110 cm³/mol. The Morgan fingerprint density at radius 2 is 1.27 bits per heavy atom. The average Bonchev–Trinajstić information content (AvgIpc) is 2.78. The molecule has 0 amide bonds. The summed E-state index contributed by atoms with van der Waals surface area (Å²) in [6.07, 6.45) is 1.40. The van der Waals surface area contributed by atoms with E-state index in [0.29, 0.717) is 11.5 Å². The van der Waals surface area contributed by atoms with Gasteiger partial charge in [0, 0.05) is 0 Å². The Hall–Kier alpha value is -4.19. The molecule has 6 heteroatoms. The van der Waals surface area contributed by atoms with Crippen LogP contribution in [0.4, 0.5) is 0 Å². The van der Waals surface area contributed by atoms with Gasteiger partial charge in [0.15, 0.2) is 0 Å². The third-order valence-corrected chi connectivity index (χ3v) is 3.93. The van der Waals surface area contributed by atoms with Crippen molar-refractivity contribution in [2.24, 2.45) is 0 Å². The summed E-state index contributed by atoms with van der Waals surface area (Å²) in [5, 5.41) is 0. The highest BCUT2D eigenvalue weighted by Gasteiger charge is 2.23. The molecule has 0 N–H and O–H groups in total. The van der Waals surface area contributed by atoms with Crippen molar-refractivity contribution >= 4 is 17.9 Å². The molecule has 0 aliphatic rings. The Morgan fingerprint density at radius 1 is 0.700 bits per heavy atom. The SMILES string of the molecule is C=CCOC(=O)c1cc(C(=O)Oc2ccccc2)ccc1C(=O)Oc1ccccc1. The molecule has 30 heavy (non-hydrogen) atoms. The zero-order valence-corrected chi connectivity index (χ0v) is 15.9. The van der Waals surface area contributed by atoms with E-state index >= 15 is 0 Å². The van der Waals surface area contributed by atoms with Gasteiger partial charge in [0.05, 0.1) is 16.7 Å². The van der Waals surface area contributed by atoms with Crippen molar-refractivity contribution in [1.29, 1.82) is 0 Å². The maximum atomic E-state index is 12.6. The second kappa shape index (κ2) is 9.84. The molecule has 0 fully saturated rings. The van der Waals surface area contributed by atoms with Gasteiger partial charge in [-0.3, -0.25) is 0 Å². The Bertz CT molecular complexity index is 1060. The van der Waals surface area contributed by atoms with Gasteiger partial charge >= 0.3 is 17.9 Å². The van der Waals surface area contributed by atoms with Crippen LogP contribution in [0, 0.1) is 0 Å². The molecule has 0 aliphatic heterocycles. The molecule has 0 bridgehead atoms. The van der Waals surface area contributed by atoms with Crippen LogP contribution in [-0.4, -0.2) is 24.5 Å². The van der Waals surface area contributed by atoms with Gasteiger partial charge in [-0.05, 0) is 42.5 Å². The first-order valence-corrected chi connectivity index (χ1v) is 9.05. The molecule has 0 unspecified atom stereocenters. The van der Waals surface area contributed by atoms with Gasteiger partial charge in [-0.25, -0.2) is 14.4 Å². The quantitative estimate of drug-likeness (QED) is 0.330. The van der Waals surface area contributed by atoms with Crippen molar-refractivity contribution in [3.63, 3.8) is 0 Å². The maximum absolute atomic E-state index is 12.6. The minimum absolute atomic E-state index is 0.0378. The minimum atomic E-state index is -0.788. The molecule has 0 saturated heterocycles. The van der Waals surface area contributed by atoms with Gasteiger partial charge in [0.1, 0.15) is 18.1 Å². The second-order valence-corrected chi connectivity index (χ2v) is 6.05. The van der Waals surface area contributed by atoms with Crippen LogP contribution in [0.15, 0.2) is 91.5 Å². The number of carbonyl (C=O) groups excluding carboxylic acids is 3. The third kappa shape index (κ3) is 5.20. The lowest BCUT2D eigenvalue weighted by molar-refractivity contribution is 0.0539. The van der Waals surface area contributed by atoms with Crippen LogP contribution < -0.4 is 9.47 Å². The molecule has 6 nitrogen and oxygen atoms in total. The van der Waals surface area contributed by atoms with E-state index in [9.17, 15) is 14.4 Å². The summed E-state index contributed by atoms with van der Waals surface area (Å²) in [6.45, 7) is 3.44. The molecular formula is C24H18O6. The Morgan fingerprint density at radius 3 is 1.83 bits per heavy atom. The van der Waals surface area contributed by atoms with Crippen molar-refractivity contribution < 1.29 is 28.6 Å². The normalized spacial score (nSPS) is 10.0. The van der Waals surface area contributed by atoms with E-state index in [2.05, 4.69) is 6.58 Å². The van der Waals surface area contributed by atoms with Gasteiger partial charge in [-0.1, -0.05) is 49.1 Å². The number of hydrogen-bond acceptors (Lipinski definition) is 6. The number of rotatable bonds is 7. The van der Waals surface area contributed by atoms with Crippen molar-refractivity contribution in [2.45, 2.75) is 0 Å². The largest absolute Gasteiger partial charge is 0.458 e. The number of esters is 3. The number of para-hydroxylation sites is 2. The van der Waals surface area contributed by atoms with Crippen LogP contribution in [0.1, 0.15) is 31.1 Å². The molecule has 3 rings (SSSR count). The molecule has 0 saturated carbocycles. The molecule has 3 aromatic carbocycles. The van der Waals surface area contributed by atoms with E-state index in [0.717, 1.165) is 0 Å². The van der Waals surface area contributed by atoms with Crippen LogP contribution in [0.5, 0.6) is 11.5 Å². The lowest BCUT2D eigenvalue weighted by Crippen LogP contribution is -2.18. The summed E-state index contributed by atoms with van der Waals surface area (Å²) in [6, 6.07) is 20.9. The fourth-order valence-corrected chi connectivity index (χ4v) is 2.54. The van der Waals surface area contributed by atoms with Gasteiger partial charge in [0.2, 0.25) is 0 Å². The highest BCUT2D eigenvalue weighted by atomic mass is 16.5. The van der Waals surface area contributed by atoms with Gasteiger partial charge < -0.3 is 14.2 Å². The lowest BCUT2D eigenvalue weighted by atomic mass is 10.0. The molecule has 3 aromatic rings. The zero-order valence-electron chi connectivity index (χ0n) is 15.9. The summed E-state index contributed by atoms with van der Waals surface area (Å²) in [5.41, 5.74) is -0.0647. The summed E-state index contributed by atoms with van der Waals surface area (Å²) >= 11 is 0. The van der Waals surface area contributed by atoms with Crippen LogP contribution in [0.2, 0.25) is 0 Å². The smallest absolute Gasteiger partial charge is 0.344 e. The van der Waals surface area contributed by atoms with Gasteiger partial charge in [-0.2, -0.15) is 0 Å². The molecule has 0 radical (unpaired) electrons. The minimum Gasteiger partial charge on any atom is -0.458 e. The molecular weight excluding hydrogens is 384 g/mol. The van der Waals surface area contributed by atoms with Crippen LogP contribution >= 0.6 is 0 Å². The van der Waals surface area contributed by atoms with Crippen molar-refractivity contribution in [1.82, 2.24) is 0 Å². The monoisotopic (exact) mass is 402 g/mol. The molecule has 150 valence electrons. The number of ether oxygens (including phenoxy) is 3.